The number of halogens is 3. The fourth-order valence-electron chi connectivity index (χ4n) is 1.21. The lowest BCUT2D eigenvalue weighted by molar-refractivity contribution is -0.274. The molecule has 0 saturated heterocycles. The van der Waals surface area contributed by atoms with Gasteiger partial charge in [-0.05, 0) is 12.1 Å². The molecule has 0 aliphatic heterocycles. The number of para-hydroxylation sites is 1. The van der Waals surface area contributed by atoms with Crippen LogP contribution in [0.3, 0.4) is 0 Å². The van der Waals surface area contributed by atoms with Crippen LogP contribution in [-0.4, -0.2) is 25.2 Å². The standard InChI is InChI=1S/C11H9F3O4/c1-17-10(16)6-8(15)7-4-2-3-5-9(7)18-11(12,13)14/h2-5H,6H2,1H3. The summed E-state index contributed by atoms with van der Waals surface area (Å²) in [6, 6.07) is 4.80. The van der Waals surface area contributed by atoms with Crippen LogP contribution in [0.25, 0.3) is 0 Å². The molecule has 1 aromatic rings. The van der Waals surface area contributed by atoms with E-state index in [-0.39, 0.29) is 5.56 Å². The number of carbonyl (C=O) groups is 2. The van der Waals surface area contributed by atoms with Gasteiger partial charge in [-0.15, -0.1) is 13.2 Å². The lowest BCUT2D eigenvalue weighted by Crippen LogP contribution is -2.19. The Bertz CT molecular complexity index is 454. The second-order valence-corrected chi connectivity index (χ2v) is 3.22. The van der Waals surface area contributed by atoms with E-state index < -0.39 is 30.3 Å². The molecule has 7 heteroatoms. The van der Waals surface area contributed by atoms with Gasteiger partial charge < -0.3 is 9.47 Å². The maximum absolute atomic E-state index is 12.1. The van der Waals surface area contributed by atoms with Crippen molar-refractivity contribution in [1.82, 2.24) is 0 Å². The molecule has 0 atom stereocenters. The molecule has 0 bridgehead atoms. The summed E-state index contributed by atoms with van der Waals surface area (Å²) in [5.41, 5.74) is -0.319. The molecule has 0 unspecified atom stereocenters. The number of carbonyl (C=O) groups excluding carboxylic acids is 2. The highest BCUT2D eigenvalue weighted by Crippen LogP contribution is 2.27. The molecule has 0 N–H and O–H groups in total. The highest BCUT2D eigenvalue weighted by atomic mass is 19.4. The van der Waals surface area contributed by atoms with E-state index in [0.717, 1.165) is 19.2 Å². The smallest absolute Gasteiger partial charge is 0.469 e. The van der Waals surface area contributed by atoms with Gasteiger partial charge in [0.05, 0.1) is 12.7 Å². The summed E-state index contributed by atoms with van der Waals surface area (Å²) in [5, 5.41) is 0. The van der Waals surface area contributed by atoms with Gasteiger partial charge in [-0.25, -0.2) is 0 Å². The maximum Gasteiger partial charge on any atom is 0.573 e. The number of alkyl halides is 3. The van der Waals surface area contributed by atoms with Gasteiger partial charge in [0.2, 0.25) is 0 Å². The van der Waals surface area contributed by atoms with Crippen molar-refractivity contribution in [2.24, 2.45) is 0 Å². The van der Waals surface area contributed by atoms with Gasteiger partial charge in [-0.3, -0.25) is 9.59 Å². The summed E-state index contributed by atoms with van der Waals surface area (Å²) in [6.45, 7) is 0. The van der Waals surface area contributed by atoms with E-state index in [1.807, 2.05) is 0 Å². The van der Waals surface area contributed by atoms with E-state index in [1.54, 1.807) is 0 Å². The molecule has 0 amide bonds. The van der Waals surface area contributed by atoms with E-state index >= 15 is 0 Å². The number of ether oxygens (including phenoxy) is 2. The minimum Gasteiger partial charge on any atom is -0.469 e. The number of esters is 1. The van der Waals surface area contributed by atoms with Crippen LogP contribution in [0.5, 0.6) is 5.75 Å². The topological polar surface area (TPSA) is 52.6 Å². The zero-order chi connectivity index (χ0) is 13.8. The number of rotatable bonds is 4. The molecule has 1 rings (SSSR count). The van der Waals surface area contributed by atoms with Crippen molar-refractivity contribution in [2.45, 2.75) is 12.8 Å². The Balaban J connectivity index is 2.95. The predicted octanol–water partition coefficient (Wildman–Crippen LogP) is 2.33. The Kier molecular flexibility index (Phi) is 4.30. The summed E-state index contributed by atoms with van der Waals surface area (Å²) >= 11 is 0. The number of hydrogen-bond donors (Lipinski definition) is 0. The molecule has 0 fully saturated rings. The average Bonchev–Trinajstić information content (AvgIpc) is 2.27. The zero-order valence-corrected chi connectivity index (χ0v) is 9.28. The minimum absolute atomic E-state index is 0.319. The molecule has 1 aromatic carbocycles. The van der Waals surface area contributed by atoms with Gasteiger partial charge in [-0.1, -0.05) is 12.1 Å². The zero-order valence-electron chi connectivity index (χ0n) is 9.28. The molecule has 0 spiro atoms. The number of benzene rings is 1. The van der Waals surface area contributed by atoms with Gasteiger partial charge >= 0.3 is 12.3 Å². The van der Waals surface area contributed by atoms with Gasteiger partial charge in [-0.2, -0.15) is 0 Å². The Morgan fingerprint density at radius 2 is 1.83 bits per heavy atom. The van der Waals surface area contributed by atoms with Crippen molar-refractivity contribution in [3.8, 4) is 5.75 Å². The lowest BCUT2D eigenvalue weighted by atomic mass is 10.1. The second kappa shape index (κ2) is 5.52. The van der Waals surface area contributed by atoms with Crippen LogP contribution < -0.4 is 4.74 Å². The quantitative estimate of drug-likeness (QED) is 0.474. The van der Waals surface area contributed by atoms with E-state index in [2.05, 4.69) is 9.47 Å². The van der Waals surface area contributed by atoms with E-state index in [9.17, 15) is 22.8 Å². The maximum atomic E-state index is 12.1. The van der Waals surface area contributed by atoms with Crippen LogP contribution in [0.2, 0.25) is 0 Å². The molecule has 98 valence electrons. The third-order valence-electron chi connectivity index (χ3n) is 1.95. The van der Waals surface area contributed by atoms with Crippen molar-refractivity contribution >= 4 is 11.8 Å². The summed E-state index contributed by atoms with van der Waals surface area (Å²) in [5.74, 6) is -2.28. The Labute approximate surface area is 100 Å². The predicted molar refractivity (Wildman–Crippen MR) is 54.1 cm³/mol. The fraction of sp³-hybridized carbons (Fsp3) is 0.273. The largest absolute Gasteiger partial charge is 0.573 e. The molecule has 4 nitrogen and oxygen atoms in total. The Morgan fingerprint density at radius 3 is 2.39 bits per heavy atom. The summed E-state index contributed by atoms with van der Waals surface area (Å²) in [6.07, 6.45) is -5.55. The molecule has 0 radical (unpaired) electrons. The molecule has 18 heavy (non-hydrogen) atoms. The molecular weight excluding hydrogens is 253 g/mol. The van der Waals surface area contributed by atoms with Crippen LogP contribution >= 0.6 is 0 Å². The first-order chi connectivity index (χ1) is 8.33. The molecule has 0 aliphatic carbocycles. The SMILES string of the molecule is COC(=O)CC(=O)c1ccccc1OC(F)(F)F. The van der Waals surface area contributed by atoms with Crippen molar-refractivity contribution in [3.05, 3.63) is 29.8 Å². The number of Topliss-reactive ketones (excluding diaryl/α,β-unsaturated/α-hetero) is 1. The fourth-order valence-corrected chi connectivity index (χ4v) is 1.21. The summed E-state index contributed by atoms with van der Waals surface area (Å²) in [7, 11) is 1.08. The highest BCUT2D eigenvalue weighted by Gasteiger charge is 2.32. The molecule has 0 heterocycles. The molecule has 0 saturated carbocycles. The van der Waals surface area contributed by atoms with Crippen LogP contribution in [-0.2, 0) is 9.53 Å². The van der Waals surface area contributed by atoms with Crippen LogP contribution in [0.1, 0.15) is 16.8 Å². The van der Waals surface area contributed by atoms with Crippen LogP contribution in [0, 0.1) is 0 Å². The Morgan fingerprint density at radius 1 is 1.22 bits per heavy atom. The first kappa shape index (κ1) is 14.0. The lowest BCUT2D eigenvalue weighted by Gasteiger charge is -2.11. The van der Waals surface area contributed by atoms with Crippen molar-refractivity contribution in [1.29, 1.82) is 0 Å². The van der Waals surface area contributed by atoms with Gasteiger partial charge in [0.15, 0.2) is 5.78 Å². The normalized spacial score (nSPS) is 10.9. The second-order valence-electron chi connectivity index (χ2n) is 3.22. The highest BCUT2D eigenvalue weighted by molar-refractivity contribution is 6.07. The van der Waals surface area contributed by atoms with Crippen LogP contribution in [0.4, 0.5) is 13.2 Å². The third kappa shape index (κ3) is 4.08. The molecule has 0 aromatic heterocycles. The van der Waals surface area contributed by atoms with Crippen molar-refractivity contribution in [2.75, 3.05) is 7.11 Å². The Hall–Kier alpha value is -2.05. The number of methoxy groups -OCH3 is 1. The monoisotopic (exact) mass is 262 g/mol. The first-order valence-corrected chi connectivity index (χ1v) is 4.78. The first-order valence-electron chi connectivity index (χ1n) is 4.78. The average molecular weight is 262 g/mol. The summed E-state index contributed by atoms with van der Waals surface area (Å²) in [4.78, 5) is 22.5. The van der Waals surface area contributed by atoms with E-state index in [0.29, 0.717) is 0 Å². The van der Waals surface area contributed by atoms with E-state index in [1.165, 1.54) is 12.1 Å². The number of ketones is 1. The number of hydrogen-bond acceptors (Lipinski definition) is 4. The van der Waals surface area contributed by atoms with Gasteiger partial charge in [0.25, 0.3) is 0 Å². The molecule has 0 aliphatic rings. The molecular formula is C11H9F3O4. The minimum atomic E-state index is -4.90. The summed E-state index contributed by atoms with van der Waals surface area (Å²) < 4.78 is 44.2. The third-order valence-corrected chi connectivity index (χ3v) is 1.95. The van der Waals surface area contributed by atoms with Crippen molar-refractivity contribution < 1.29 is 32.2 Å². The van der Waals surface area contributed by atoms with E-state index in [4.69, 9.17) is 0 Å². The van der Waals surface area contributed by atoms with Crippen molar-refractivity contribution in [3.63, 3.8) is 0 Å². The van der Waals surface area contributed by atoms with Gasteiger partial charge in [0.1, 0.15) is 12.2 Å². The van der Waals surface area contributed by atoms with Gasteiger partial charge in [0, 0.05) is 0 Å². The van der Waals surface area contributed by atoms with Crippen LogP contribution in [0.15, 0.2) is 24.3 Å².